The average molecular weight is 492 g/mol. The molecule has 4 aromatic carbocycles. The number of carbonyl (C=O) groups is 1. The van der Waals surface area contributed by atoms with Gasteiger partial charge in [-0.3, -0.25) is 9.10 Å². The molecule has 0 radical (unpaired) electrons. The number of hydrogen-bond donors (Lipinski definition) is 1. The Morgan fingerprint density at radius 3 is 2.14 bits per heavy atom. The molecule has 0 saturated heterocycles. The number of fused-ring (bicyclic) bond motifs is 2. The average Bonchev–Trinajstić information content (AvgIpc) is 2.85. The highest BCUT2D eigenvalue weighted by Crippen LogP contribution is 2.33. The monoisotopic (exact) mass is 491 g/mol. The predicted molar refractivity (Wildman–Crippen MR) is 139 cm³/mol. The zero-order chi connectivity index (χ0) is 25.0. The highest BCUT2D eigenvalue weighted by atomic mass is 32.2. The Labute approximate surface area is 203 Å². The maximum atomic E-state index is 12.7. The van der Waals surface area contributed by atoms with E-state index >= 15 is 0 Å². The van der Waals surface area contributed by atoms with Crippen LogP contribution in [0.4, 0.5) is 5.69 Å². The van der Waals surface area contributed by atoms with Crippen LogP contribution in [-0.2, 0) is 14.8 Å². The number of anilines is 1. The van der Waals surface area contributed by atoms with Crippen molar-refractivity contribution in [3.8, 4) is 11.5 Å². The summed E-state index contributed by atoms with van der Waals surface area (Å²) < 4.78 is 36.5. The van der Waals surface area contributed by atoms with E-state index in [1.54, 1.807) is 18.3 Å². The van der Waals surface area contributed by atoms with Crippen molar-refractivity contribution in [1.82, 2.24) is 5.43 Å². The lowest BCUT2D eigenvalue weighted by atomic mass is 9.97. The second-order valence-corrected chi connectivity index (χ2v) is 9.74. The van der Waals surface area contributed by atoms with E-state index in [1.165, 1.54) is 20.3 Å². The summed E-state index contributed by atoms with van der Waals surface area (Å²) in [5.41, 5.74) is 3.49. The van der Waals surface area contributed by atoms with E-state index < -0.39 is 22.5 Å². The third kappa shape index (κ3) is 5.20. The predicted octanol–water partition coefficient (Wildman–Crippen LogP) is 3.93. The molecule has 0 spiro atoms. The first kappa shape index (κ1) is 24.0. The van der Waals surface area contributed by atoms with E-state index in [1.807, 2.05) is 48.5 Å². The van der Waals surface area contributed by atoms with E-state index in [-0.39, 0.29) is 11.4 Å². The molecule has 4 rings (SSSR count). The molecule has 8 nitrogen and oxygen atoms in total. The number of sulfonamides is 1. The van der Waals surface area contributed by atoms with Gasteiger partial charge in [-0.05, 0) is 39.7 Å². The Balaban J connectivity index is 1.62. The molecule has 9 heteroatoms. The topological polar surface area (TPSA) is 97.3 Å². The maximum Gasteiger partial charge on any atom is 0.260 e. The molecule has 0 aliphatic carbocycles. The molecule has 0 atom stereocenters. The zero-order valence-corrected chi connectivity index (χ0v) is 20.4. The lowest BCUT2D eigenvalue weighted by molar-refractivity contribution is -0.119. The van der Waals surface area contributed by atoms with Gasteiger partial charge in [0.1, 0.15) is 18.0 Å². The Hall–Kier alpha value is -4.11. The summed E-state index contributed by atoms with van der Waals surface area (Å²) in [5, 5.41) is 8.22. The first-order chi connectivity index (χ1) is 16.8. The summed E-state index contributed by atoms with van der Waals surface area (Å²) in [6, 6.07) is 22.7. The summed E-state index contributed by atoms with van der Waals surface area (Å²) in [6.45, 7) is -0.490. The summed E-state index contributed by atoms with van der Waals surface area (Å²) in [4.78, 5) is 12.7. The number of nitrogens with zero attached hydrogens (tertiary/aromatic N) is 2. The van der Waals surface area contributed by atoms with E-state index in [0.717, 1.165) is 37.7 Å². The van der Waals surface area contributed by atoms with Gasteiger partial charge in [-0.25, -0.2) is 13.8 Å². The number of amides is 1. The lowest BCUT2D eigenvalue weighted by Crippen LogP contribution is -2.39. The van der Waals surface area contributed by atoms with Crippen molar-refractivity contribution < 1.29 is 22.7 Å². The lowest BCUT2D eigenvalue weighted by Gasteiger charge is -2.23. The fourth-order valence-corrected chi connectivity index (χ4v) is 4.75. The smallest absolute Gasteiger partial charge is 0.260 e. The first-order valence-corrected chi connectivity index (χ1v) is 12.6. The first-order valence-electron chi connectivity index (χ1n) is 10.7. The van der Waals surface area contributed by atoms with Gasteiger partial charge < -0.3 is 9.47 Å². The van der Waals surface area contributed by atoms with E-state index in [2.05, 4.69) is 16.6 Å². The Morgan fingerprint density at radius 2 is 1.57 bits per heavy atom. The van der Waals surface area contributed by atoms with Gasteiger partial charge in [-0.15, -0.1) is 0 Å². The minimum Gasteiger partial charge on any atom is -0.497 e. The van der Waals surface area contributed by atoms with Gasteiger partial charge >= 0.3 is 0 Å². The van der Waals surface area contributed by atoms with Gasteiger partial charge in [0.25, 0.3) is 5.91 Å². The van der Waals surface area contributed by atoms with Crippen LogP contribution in [0, 0.1) is 0 Å². The van der Waals surface area contributed by atoms with Crippen LogP contribution < -0.4 is 19.2 Å². The highest BCUT2D eigenvalue weighted by molar-refractivity contribution is 7.92. The highest BCUT2D eigenvalue weighted by Gasteiger charge is 2.24. The summed E-state index contributed by atoms with van der Waals surface area (Å²) in [6.07, 6.45) is 2.60. The van der Waals surface area contributed by atoms with Crippen molar-refractivity contribution in [3.63, 3.8) is 0 Å². The quantitative estimate of drug-likeness (QED) is 0.229. The van der Waals surface area contributed by atoms with Gasteiger partial charge in [0, 0.05) is 11.6 Å². The fraction of sp³-hybridized carbons (Fsp3) is 0.154. The third-order valence-corrected chi connectivity index (χ3v) is 6.66. The van der Waals surface area contributed by atoms with Crippen LogP contribution in [0.25, 0.3) is 21.5 Å². The van der Waals surface area contributed by atoms with Crippen LogP contribution in [0.2, 0.25) is 0 Å². The molecule has 0 aliphatic heterocycles. The number of rotatable bonds is 8. The van der Waals surface area contributed by atoms with Gasteiger partial charge in [-0.1, -0.05) is 48.5 Å². The molecular weight excluding hydrogens is 466 g/mol. The van der Waals surface area contributed by atoms with Crippen molar-refractivity contribution in [1.29, 1.82) is 0 Å². The van der Waals surface area contributed by atoms with Crippen molar-refractivity contribution in [2.45, 2.75) is 0 Å². The number of hydrazone groups is 1. The number of hydrogen-bond acceptors (Lipinski definition) is 6. The van der Waals surface area contributed by atoms with E-state index in [0.29, 0.717) is 5.75 Å². The summed E-state index contributed by atoms with van der Waals surface area (Å²) >= 11 is 0. The van der Waals surface area contributed by atoms with Crippen molar-refractivity contribution >= 4 is 49.4 Å². The second-order valence-electron chi connectivity index (χ2n) is 7.83. The number of ether oxygens (including phenoxy) is 2. The minimum atomic E-state index is -3.82. The molecule has 0 bridgehead atoms. The third-order valence-electron chi connectivity index (χ3n) is 5.54. The van der Waals surface area contributed by atoms with Gasteiger partial charge in [0.05, 0.1) is 32.4 Å². The molecule has 35 heavy (non-hydrogen) atoms. The van der Waals surface area contributed by atoms with Crippen LogP contribution in [0.1, 0.15) is 5.56 Å². The number of methoxy groups -OCH3 is 2. The molecular formula is C26H25N3O5S. The zero-order valence-electron chi connectivity index (χ0n) is 19.6. The number of nitrogens with one attached hydrogen (secondary N) is 1. The minimum absolute atomic E-state index is 0.188. The van der Waals surface area contributed by atoms with E-state index in [9.17, 15) is 13.2 Å². The molecule has 0 fully saturated rings. The molecule has 1 N–H and O–H groups in total. The fourth-order valence-electron chi connectivity index (χ4n) is 3.90. The van der Waals surface area contributed by atoms with Crippen LogP contribution in [0.15, 0.2) is 77.9 Å². The normalized spacial score (nSPS) is 11.6. The molecule has 0 unspecified atom stereocenters. The molecule has 0 aromatic heterocycles. The summed E-state index contributed by atoms with van der Waals surface area (Å²) in [7, 11) is -0.932. The van der Waals surface area contributed by atoms with Crippen LogP contribution in [0.3, 0.4) is 0 Å². The number of carbonyl (C=O) groups excluding carboxylic acids is 1. The molecule has 180 valence electrons. The molecule has 1 amide bonds. The van der Waals surface area contributed by atoms with Gasteiger partial charge in [0.15, 0.2) is 0 Å². The van der Waals surface area contributed by atoms with Gasteiger partial charge in [0.2, 0.25) is 10.0 Å². The largest absolute Gasteiger partial charge is 0.497 e. The van der Waals surface area contributed by atoms with Crippen molar-refractivity contribution in [3.05, 3.63) is 78.4 Å². The van der Waals surface area contributed by atoms with Crippen molar-refractivity contribution in [2.75, 3.05) is 31.3 Å². The van der Waals surface area contributed by atoms with Crippen molar-refractivity contribution in [2.24, 2.45) is 5.10 Å². The molecule has 0 aliphatic rings. The molecule has 0 heterocycles. The Bertz CT molecular complexity index is 1480. The van der Waals surface area contributed by atoms with Crippen LogP contribution in [0.5, 0.6) is 11.5 Å². The van der Waals surface area contributed by atoms with Gasteiger partial charge in [-0.2, -0.15) is 5.10 Å². The Morgan fingerprint density at radius 1 is 0.943 bits per heavy atom. The second kappa shape index (κ2) is 10.0. The number of benzene rings is 4. The molecule has 0 saturated carbocycles. The standard InChI is InChI=1S/C26H25N3O5S/c1-33-20-12-13-25(34-2)24(15-20)29(35(3,31)32)17-26(30)28-27-16-23-21-10-6-4-8-18(21)14-19-9-5-7-11-22(19)23/h4-16H,17H2,1-3H3,(H,28,30)/b27-16+. The Kier molecular flexibility index (Phi) is 6.88. The molecule has 4 aromatic rings. The van der Waals surface area contributed by atoms with Crippen LogP contribution >= 0.6 is 0 Å². The van der Waals surface area contributed by atoms with E-state index in [4.69, 9.17) is 9.47 Å². The SMILES string of the molecule is COc1ccc(OC)c(N(CC(=O)N/N=C/c2c3ccccc3cc3ccccc23)S(C)(=O)=O)c1. The summed E-state index contributed by atoms with van der Waals surface area (Å²) in [5.74, 6) is 0.103. The maximum absolute atomic E-state index is 12.7. The van der Waals surface area contributed by atoms with Crippen LogP contribution in [-0.4, -0.2) is 47.6 Å².